The summed E-state index contributed by atoms with van der Waals surface area (Å²) >= 11 is 0. The number of hydrazone groups is 1. The lowest BCUT2D eigenvalue weighted by Crippen LogP contribution is -2.27. The van der Waals surface area contributed by atoms with E-state index in [1.807, 2.05) is 6.92 Å². The van der Waals surface area contributed by atoms with Crippen molar-refractivity contribution in [2.75, 3.05) is 0 Å². The fraction of sp³-hybridized carbons (Fsp3) is 0.158. The molecule has 3 aromatic rings. The van der Waals surface area contributed by atoms with Gasteiger partial charge in [0.1, 0.15) is 0 Å². The summed E-state index contributed by atoms with van der Waals surface area (Å²) in [6.45, 7) is 1.83. The molecule has 9 heteroatoms. The van der Waals surface area contributed by atoms with Crippen LogP contribution in [0.25, 0.3) is 10.8 Å². The Morgan fingerprint density at radius 1 is 1.29 bits per heavy atom. The van der Waals surface area contributed by atoms with Crippen LogP contribution in [0.1, 0.15) is 28.5 Å². The van der Waals surface area contributed by atoms with Gasteiger partial charge in [0, 0.05) is 29.6 Å². The Balaban J connectivity index is 1.86. The van der Waals surface area contributed by atoms with E-state index >= 15 is 0 Å². The number of nitrogens with one attached hydrogen (secondary N) is 1. The first kappa shape index (κ1) is 18.9. The number of rotatable bonds is 5. The van der Waals surface area contributed by atoms with E-state index in [1.165, 1.54) is 19.3 Å². The standard InChI is InChI=1S/C19H17N5O4/c1-3-13-9-8-12(10-16(13)24(27)28)11-20-21-18(25)17-14-6-4-5-7-15(14)19(26)23(2)22-17/h4-11H,3H2,1-2H3,(H,21,25)/b20-11-. The van der Waals surface area contributed by atoms with Crippen molar-refractivity contribution in [2.24, 2.45) is 12.1 Å². The van der Waals surface area contributed by atoms with Gasteiger partial charge in [0.25, 0.3) is 17.2 Å². The number of aryl methyl sites for hydroxylation is 2. The largest absolute Gasteiger partial charge is 0.292 e. The Bertz CT molecular complexity index is 1170. The minimum Gasteiger partial charge on any atom is -0.267 e. The Kier molecular flexibility index (Phi) is 5.25. The number of benzene rings is 2. The van der Waals surface area contributed by atoms with Crippen molar-refractivity contribution in [3.8, 4) is 0 Å². The van der Waals surface area contributed by atoms with Gasteiger partial charge in [0.15, 0.2) is 5.69 Å². The van der Waals surface area contributed by atoms with E-state index in [9.17, 15) is 19.7 Å². The number of carbonyl (C=O) groups is 1. The summed E-state index contributed by atoms with van der Waals surface area (Å²) < 4.78 is 1.09. The number of fused-ring (bicyclic) bond motifs is 1. The minimum absolute atomic E-state index is 0.00324. The van der Waals surface area contributed by atoms with Crippen LogP contribution in [0.4, 0.5) is 5.69 Å². The third-order valence-electron chi connectivity index (χ3n) is 4.24. The second-order valence-corrected chi connectivity index (χ2v) is 6.02. The Hall–Kier alpha value is -3.88. The molecule has 1 heterocycles. The fourth-order valence-corrected chi connectivity index (χ4v) is 2.82. The van der Waals surface area contributed by atoms with E-state index in [0.29, 0.717) is 28.3 Å². The highest BCUT2D eigenvalue weighted by Crippen LogP contribution is 2.20. The first-order chi connectivity index (χ1) is 13.4. The number of carbonyl (C=O) groups excluding carboxylic acids is 1. The highest BCUT2D eigenvalue weighted by Gasteiger charge is 2.15. The van der Waals surface area contributed by atoms with Crippen LogP contribution in [0.5, 0.6) is 0 Å². The maximum absolute atomic E-state index is 12.5. The minimum atomic E-state index is -0.595. The lowest BCUT2D eigenvalue weighted by Gasteiger charge is -2.06. The van der Waals surface area contributed by atoms with Gasteiger partial charge in [-0.3, -0.25) is 19.7 Å². The zero-order valence-electron chi connectivity index (χ0n) is 15.2. The number of hydrogen-bond donors (Lipinski definition) is 1. The second kappa shape index (κ2) is 7.78. The average molecular weight is 379 g/mol. The first-order valence-electron chi connectivity index (χ1n) is 8.49. The summed E-state index contributed by atoms with van der Waals surface area (Å²) in [6, 6.07) is 11.4. The van der Waals surface area contributed by atoms with Gasteiger partial charge in [-0.25, -0.2) is 10.1 Å². The molecule has 0 atom stereocenters. The number of hydrogen-bond acceptors (Lipinski definition) is 6. The van der Waals surface area contributed by atoms with Crippen molar-refractivity contribution >= 4 is 28.6 Å². The number of aromatic nitrogens is 2. The van der Waals surface area contributed by atoms with Crippen molar-refractivity contribution in [1.29, 1.82) is 0 Å². The molecule has 0 fully saturated rings. The molecule has 0 saturated heterocycles. The van der Waals surface area contributed by atoms with Crippen LogP contribution in [0, 0.1) is 10.1 Å². The Morgan fingerprint density at radius 2 is 2.00 bits per heavy atom. The monoisotopic (exact) mass is 379 g/mol. The van der Waals surface area contributed by atoms with Crippen LogP contribution in [0.15, 0.2) is 52.4 Å². The third kappa shape index (κ3) is 3.63. The van der Waals surface area contributed by atoms with Gasteiger partial charge in [-0.1, -0.05) is 37.3 Å². The molecule has 0 saturated carbocycles. The Morgan fingerprint density at radius 3 is 2.68 bits per heavy atom. The van der Waals surface area contributed by atoms with Crippen LogP contribution < -0.4 is 11.0 Å². The fourth-order valence-electron chi connectivity index (χ4n) is 2.82. The third-order valence-corrected chi connectivity index (χ3v) is 4.24. The molecule has 142 valence electrons. The summed E-state index contributed by atoms with van der Waals surface area (Å²) in [5.41, 5.74) is 3.19. The number of nitrogens with zero attached hydrogens (tertiary/aromatic N) is 4. The van der Waals surface area contributed by atoms with Gasteiger partial charge in [-0.15, -0.1) is 0 Å². The molecule has 0 aliphatic carbocycles. The highest BCUT2D eigenvalue weighted by atomic mass is 16.6. The van der Waals surface area contributed by atoms with Crippen molar-refractivity contribution in [3.05, 3.63) is 79.8 Å². The molecule has 1 N–H and O–H groups in total. The Labute approximate surface area is 159 Å². The molecule has 3 rings (SSSR count). The van der Waals surface area contributed by atoms with Crippen LogP contribution in [-0.2, 0) is 13.5 Å². The van der Waals surface area contributed by atoms with Crippen molar-refractivity contribution in [2.45, 2.75) is 13.3 Å². The first-order valence-corrected chi connectivity index (χ1v) is 8.49. The van der Waals surface area contributed by atoms with Gasteiger partial charge in [0.05, 0.1) is 16.5 Å². The number of amides is 1. The van der Waals surface area contributed by atoms with Gasteiger partial charge in [-0.05, 0) is 12.5 Å². The number of nitro benzene ring substituents is 1. The van der Waals surface area contributed by atoms with E-state index in [0.717, 1.165) is 4.68 Å². The molecule has 2 aromatic carbocycles. The summed E-state index contributed by atoms with van der Waals surface area (Å²) in [5, 5.41) is 19.8. The van der Waals surface area contributed by atoms with E-state index in [4.69, 9.17) is 0 Å². The zero-order valence-corrected chi connectivity index (χ0v) is 15.2. The van der Waals surface area contributed by atoms with Gasteiger partial charge in [-0.2, -0.15) is 10.2 Å². The van der Waals surface area contributed by atoms with Crippen molar-refractivity contribution in [1.82, 2.24) is 15.2 Å². The molecule has 28 heavy (non-hydrogen) atoms. The maximum Gasteiger partial charge on any atom is 0.292 e. The molecule has 0 radical (unpaired) electrons. The SMILES string of the molecule is CCc1ccc(/C=N\NC(=O)c2nn(C)c(=O)c3ccccc23)cc1[N+](=O)[O-]. The molecule has 1 aromatic heterocycles. The topological polar surface area (TPSA) is 119 Å². The van der Waals surface area contributed by atoms with Crippen LogP contribution >= 0.6 is 0 Å². The van der Waals surface area contributed by atoms with E-state index in [1.54, 1.807) is 36.4 Å². The molecule has 0 aliphatic heterocycles. The normalized spacial score (nSPS) is 11.1. The van der Waals surface area contributed by atoms with E-state index in [2.05, 4.69) is 15.6 Å². The summed E-state index contributed by atoms with van der Waals surface area (Å²) in [5.74, 6) is -0.595. The second-order valence-electron chi connectivity index (χ2n) is 6.02. The molecule has 0 unspecified atom stereocenters. The van der Waals surface area contributed by atoms with Crippen molar-refractivity contribution < 1.29 is 9.72 Å². The molecule has 0 bridgehead atoms. The molecular weight excluding hydrogens is 362 g/mol. The quantitative estimate of drug-likeness (QED) is 0.414. The van der Waals surface area contributed by atoms with Crippen LogP contribution in [0.2, 0.25) is 0 Å². The highest BCUT2D eigenvalue weighted by molar-refractivity contribution is 6.04. The average Bonchev–Trinajstić information content (AvgIpc) is 2.70. The molecule has 0 spiro atoms. The molecule has 0 aliphatic rings. The summed E-state index contributed by atoms with van der Waals surface area (Å²) in [6.07, 6.45) is 1.85. The summed E-state index contributed by atoms with van der Waals surface area (Å²) in [4.78, 5) is 35.3. The maximum atomic E-state index is 12.5. The predicted octanol–water partition coefficient (Wildman–Crippen LogP) is 2.17. The zero-order chi connectivity index (χ0) is 20.3. The van der Waals surface area contributed by atoms with Crippen LogP contribution in [-0.4, -0.2) is 26.8 Å². The van der Waals surface area contributed by atoms with Gasteiger partial charge in [0.2, 0.25) is 0 Å². The van der Waals surface area contributed by atoms with Gasteiger partial charge < -0.3 is 0 Å². The lowest BCUT2D eigenvalue weighted by molar-refractivity contribution is -0.385. The van der Waals surface area contributed by atoms with Crippen molar-refractivity contribution in [3.63, 3.8) is 0 Å². The van der Waals surface area contributed by atoms with Gasteiger partial charge >= 0.3 is 0 Å². The molecular formula is C19H17N5O4. The number of nitro groups is 1. The lowest BCUT2D eigenvalue weighted by atomic mass is 10.1. The smallest absolute Gasteiger partial charge is 0.267 e. The molecule has 9 nitrogen and oxygen atoms in total. The van der Waals surface area contributed by atoms with E-state index < -0.39 is 10.8 Å². The predicted molar refractivity (Wildman–Crippen MR) is 105 cm³/mol. The van der Waals surface area contributed by atoms with Crippen LogP contribution in [0.3, 0.4) is 0 Å². The molecule has 1 amide bonds. The van der Waals surface area contributed by atoms with E-state index in [-0.39, 0.29) is 16.9 Å². The summed E-state index contributed by atoms with van der Waals surface area (Å²) in [7, 11) is 1.46.